The Balaban J connectivity index is 2.22. The fourth-order valence-corrected chi connectivity index (χ4v) is 1.56. The highest BCUT2D eigenvalue weighted by atomic mass is 16.2. The molecule has 0 aromatic rings. The second-order valence-corrected chi connectivity index (χ2v) is 3.57. The number of carbonyl (C=O) groups excluding carboxylic acids is 1. The maximum absolute atomic E-state index is 11.3. The minimum Gasteiger partial charge on any atom is -0.344 e. The van der Waals surface area contributed by atoms with Gasteiger partial charge in [0.2, 0.25) is 5.91 Å². The van der Waals surface area contributed by atoms with E-state index in [4.69, 9.17) is 6.42 Å². The molecule has 4 nitrogen and oxygen atoms in total. The molecule has 0 unspecified atom stereocenters. The van der Waals surface area contributed by atoms with Gasteiger partial charge in [0.1, 0.15) is 0 Å². The van der Waals surface area contributed by atoms with Crippen molar-refractivity contribution in [3.63, 3.8) is 0 Å². The first-order valence-corrected chi connectivity index (χ1v) is 4.88. The first-order chi connectivity index (χ1) is 6.72. The number of nitrogens with one attached hydrogen (secondary N) is 2. The minimum atomic E-state index is 0.0112. The molecule has 0 spiro atoms. The molecule has 0 aliphatic carbocycles. The van der Waals surface area contributed by atoms with Gasteiger partial charge in [-0.15, -0.1) is 6.42 Å². The maximum Gasteiger partial charge on any atom is 0.234 e. The number of nitrogens with zero attached hydrogens (tertiary/aromatic N) is 1. The summed E-state index contributed by atoms with van der Waals surface area (Å²) >= 11 is 0. The van der Waals surface area contributed by atoms with Gasteiger partial charge in [0.05, 0.1) is 13.1 Å². The standard InChI is InChI=1S/C10H17N3O/c1-3-4-12-10(14)8-13-6-5-11-9(2)7-13/h1,9,11H,4-8H2,2H3,(H,12,14)/t9-/m1/s1. The highest BCUT2D eigenvalue weighted by Gasteiger charge is 2.17. The highest BCUT2D eigenvalue weighted by Crippen LogP contribution is 1.97. The zero-order valence-electron chi connectivity index (χ0n) is 8.55. The van der Waals surface area contributed by atoms with E-state index < -0.39 is 0 Å². The van der Waals surface area contributed by atoms with E-state index in [0.717, 1.165) is 19.6 Å². The Labute approximate surface area is 85.0 Å². The van der Waals surface area contributed by atoms with Crippen molar-refractivity contribution in [2.45, 2.75) is 13.0 Å². The lowest BCUT2D eigenvalue weighted by atomic mass is 10.2. The third-order valence-corrected chi connectivity index (χ3v) is 2.21. The summed E-state index contributed by atoms with van der Waals surface area (Å²) in [6.45, 7) is 5.68. The first kappa shape index (κ1) is 11.0. The Morgan fingerprint density at radius 2 is 2.57 bits per heavy atom. The minimum absolute atomic E-state index is 0.0112. The molecule has 1 rings (SSSR count). The second kappa shape index (κ2) is 5.63. The van der Waals surface area contributed by atoms with Crippen LogP contribution in [0.4, 0.5) is 0 Å². The van der Waals surface area contributed by atoms with Crippen LogP contribution in [0.15, 0.2) is 0 Å². The van der Waals surface area contributed by atoms with Crippen LogP contribution >= 0.6 is 0 Å². The quantitative estimate of drug-likeness (QED) is 0.570. The molecular formula is C10H17N3O. The van der Waals surface area contributed by atoms with E-state index in [1.807, 2.05) is 0 Å². The fraction of sp³-hybridized carbons (Fsp3) is 0.700. The Morgan fingerprint density at radius 3 is 3.21 bits per heavy atom. The van der Waals surface area contributed by atoms with Crippen molar-refractivity contribution in [3.05, 3.63) is 0 Å². The average molecular weight is 195 g/mol. The summed E-state index contributed by atoms with van der Waals surface area (Å²) in [7, 11) is 0. The summed E-state index contributed by atoms with van der Waals surface area (Å²) in [6.07, 6.45) is 5.04. The van der Waals surface area contributed by atoms with Crippen LogP contribution in [-0.2, 0) is 4.79 Å². The van der Waals surface area contributed by atoms with Crippen molar-refractivity contribution in [1.82, 2.24) is 15.5 Å². The Morgan fingerprint density at radius 1 is 1.79 bits per heavy atom. The molecular weight excluding hydrogens is 178 g/mol. The number of hydrogen-bond acceptors (Lipinski definition) is 3. The zero-order valence-corrected chi connectivity index (χ0v) is 8.55. The molecule has 0 aromatic carbocycles. The highest BCUT2D eigenvalue weighted by molar-refractivity contribution is 5.78. The number of rotatable bonds is 3. The van der Waals surface area contributed by atoms with E-state index in [0.29, 0.717) is 19.1 Å². The van der Waals surface area contributed by atoms with E-state index in [-0.39, 0.29) is 5.91 Å². The van der Waals surface area contributed by atoms with Crippen molar-refractivity contribution in [2.75, 3.05) is 32.7 Å². The van der Waals surface area contributed by atoms with Crippen LogP contribution in [0.2, 0.25) is 0 Å². The lowest BCUT2D eigenvalue weighted by Crippen LogP contribution is -2.51. The van der Waals surface area contributed by atoms with Crippen LogP contribution in [0.1, 0.15) is 6.92 Å². The Hall–Kier alpha value is -1.05. The summed E-state index contributed by atoms with van der Waals surface area (Å²) in [6, 6.07) is 0.462. The average Bonchev–Trinajstić information content (AvgIpc) is 2.15. The molecule has 1 aliphatic rings. The molecule has 1 amide bonds. The molecule has 0 aromatic heterocycles. The van der Waals surface area contributed by atoms with E-state index in [1.165, 1.54) is 0 Å². The predicted molar refractivity (Wildman–Crippen MR) is 55.7 cm³/mol. The van der Waals surface area contributed by atoms with E-state index in [2.05, 4.69) is 28.4 Å². The molecule has 2 N–H and O–H groups in total. The molecule has 4 heteroatoms. The van der Waals surface area contributed by atoms with E-state index in [1.54, 1.807) is 0 Å². The van der Waals surface area contributed by atoms with Crippen LogP contribution in [0.25, 0.3) is 0 Å². The molecule has 1 atom stereocenters. The van der Waals surface area contributed by atoms with Gasteiger partial charge in [-0.2, -0.15) is 0 Å². The summed E-state index contributed by atoms with van der Waals surface area (Å²) < 4.78 is 0. The Kier molecular flexibility index (Phi) is 4.44. The van der Waals surface area contributed by atoms with Crippen LogP contribution in [0.5, 0.6) is 0 Å². The van der Waals surface area contributed by atoms with Crippen LogP contribution in [-0.4, -0.2) is 49.6 Å². The molecule has 0 saturated carbocycles. The van der Waals surface area contributed by atoms with Crippen molar-refractivity contribution < 1.29 is 4.79 Å². The monoisotopic (exact) mass is 195 g/mol. The molecule has 78 valence electrons. The molecule has 0 bridgehead atoms. The summed E-state index contributed by atoms with van der Waals surface area (Å²) in [5.41, 5.74) is 0. The molecule has 1 fully saturated rings. The maximum atomic E-state index is 11.3. The van der Waals surface area contributed by atoms with Gasteiger partial charge in [0.15, 0.2) is 0 Å². The Bertz CT molecular complexity index is 234. The normalized spacial score (nSPS) is 22.7. The van der Waals surface area contributed by atoms with E-state index >= 15 is 0 Å². The number of terminal acetylenes is 1. The van der Waals surface area contributed by atoms with Gasteiger partial charge in [-0.25, -0.2) is 0 Å². The number of hydrogen-bond donors (Lipinski definition) is 2. The van der Waals surface area contributed by atoms with Gasteiger partial charge in [-0.05, 0) is 6.92 Å². The topological polar surface area (TPSA) is 44.4 Å². The third-order valence-electron chi connectivity index (χ3n) is 2.21. The second-order valence-electron chi connectivity index (χ2n) is 3.57. The summed E-state index contributed by atoms with van der Waals surface area (Å²) in [4.78, 5) is 13.4. The smallest absolute Gasteiger partial charge is 0.234 e. The van der Waals surface area contributed by atoms with Crippen molar-refractivity contribution in [3.8, 4) is 12.3 Å². The summed E-state index contributed by atoms with van der Waals surface area (Å²) in [5.74, 6) is 2.39. The first-order valence-electron chi connectivity index (χ1n) is 4.88. The molecule has 0 radical (unpaired) electrons. The van der Waals surface area contributed by atoms with Gasteiger partial charge < -0.3 is 10.6 Å². The largest absolute Gasteiger partial charge is 0.344 e. The summed E-state index contributed by atoms with van der Waals surface area (Å²) in [5, 5.41) is 5.98. The van der Waals surface area contributed by atoms with Crippen LogP contribution < -0.4 is 10.6 Å². The van der Waals surface area contributed by atoms with E-state index in [9.17, 15) is 4.79 Å². The SMILES string of the molecule is C#CCNC(=O)CN1CCN[C@H](C)C1. The lowest BCUT2D eigenvalue weighted by molar-refractivity contribution is -0.122. The van der Waals surface area contributed by atoms with Crippen LogP contribution in [0, 0.1) is 12.3 Å². The van der Waals surface area contributed by atoms with Crippen molar-refractivity contribution in [2.24, 2.45) is 0 Å². The lowest BCUT2D eigenvalue weighted by Gasteiger charge is -2.31. The number of carbonyl (C=O) groups is 1. The molecule has 1 heterocycles. The molecule has 14 heavy (non-hydrogen) atoms. The van der Waals surface area contributed by atoms with Gasteiger partial charge >= 0.3 is 0 Å². The fourth-order valence-electron chi connectivity index (χ4n) is 1.56. The van der Waals surface area contributed by atoms with Gasteiger partial charge in [-0.1, -0.05) is 5.92 Å². The van der Waals surface area contributed by atoms with Crippen molar-refractivity contribution >= 4 is 5.91 Å². The third kappa shape index (κ3) is 3.77. The van der Waals surface area contributed by atoms with Crippen LogP contribution in [0.3, 0.4) is 0 Å². The predicted octanol–water partition coefficient (Wildman–Crippen LogP) is -0.970. The molecule has 1 saturated heterocycles. The van der Waals surface area contributed by atoms with Gasteiger partial charge in [0, 0.05) is 25.7 Å². The van der Waals surface area contributed by atoms with Gasteiger partial charge in [0.25, 0.3) is 0 Å². The molecule has 1 aliphatic heterocycles. The van der Waals surface area contributed by atoms with Crippen molar-refractivity contribution in [1.29, 1.82) is 0 Å². The van der Waals surface area contributed by atoms with Gasteiger partial charge in [-0.3, -0.25) is 9.69 Å². The zero-order chi connectivity index (χ0) is 10.4. The number of piperazine rings is 1. The number of amides is 1.